The second-order valence-electron chi connectivity index (χ2n) is 6.20. The average Bonchev–Trinajstić information content (AvgIpc) is 2.70. The van der Waals surface area contributed by atoms with E-state index in [-0.39, 0.29) is 11.4 Å². The van der Waals surface area contributed by atoms with E-state index in [0.29, 0.717) is 16.2 Å². The molecule has 0 saturated heterocycles. The van der Waals surface area contributed by atoms with Crippen molar-refractivity contribution in [1.82, 2.24) is 0 Å². The van der Waals surface area contributed by atoms with Crippen LogP contribution in [0.25, 0.3) is 0 Å². The Labute approximate surface area is 184 Å². The van der Waals surface area contributed by atoms with Crippen LogP contribution in [-0.2, 0) is 16.2 Å². The number of carbonyl (C=O) groups excluding carboxylic acids is 1. The fourth-order valence-electron chi connectivity index (χ4n) is 2.65. The van der Waals surface area contributed by atoms with Crippen LogP contribution in [0.2, 0.25) is 0 Å². The van der Waals surface area contributed by atoms with Crippen LogP contribution < -0.4 is 15.4 Å². The maximum Gasteiger partial charge on any atom is 0.417 e. The minimum atomic E-state index is -4.86. The number of benzene rings is 3. The molecular formula is C20H15BrF3N3O3S. The van der Waals surface area contributed by atoms with Crippen LogP contribution >= 0.6 is 15.9 Å². The van der Waals surface area contributed by atoms with Gasteiger partial charge < -0.3 is 10.6 Å². The molecule has 0 spiro atoms. The summed E-state index contributed by atoms with van der Waals surface area (Å²) >= 11 is 3.29. The first kappa shape index (κ1) is 22.6. The molecule has 3 N–H and O–H groups in total. The van der Waals surface area contributed by atoms with E-state index in [1.165, 1.54) is 30.3 Å². The Bertz CT molecular complexity index is 1220. The molecule has 0 atom stereocenters. The number of halogens is 4. The molecule has 6 nitrogen and oxygen atoms in total. The summed E-state index contributed by atoms with van der Waals surface area (Å²) in [5.74, 6) is 0. The van der Waals surface area contributed by atoms with Gasteiger partial charge in [-0.25, -0.2) is 13.2 Å². The van der Waals surface area contributed by atoms with Gasteiger partial charge >= 0.3 is 12.2 Å². The van der Waals surface area contributed by atoms with Crippen molar-refractivity contribution in [3.63, 3.8) is 0 Å². The van der Waals surface area contributed by atoms with Crippen molar-refractivity contribution < 1.29 is 26.4 Å². The Morgan fingerprint density at radius 3 is 1.94 bits per heavy atom. The summed E-state index contributed by atoms with van der Waals surface area (Å²) in [7, 11) is -4.60. The Hall–Kier alpha value is -3.05. The third kappa shape index (κ3) is 5.56. The average molecular weight is 514 g/mol. The van der Waals surface area contributed by atoms with Gasteiger partial charge in [0.2, 0.25) is 0 Å². The normalized spacial score (nSPS) is 11.6. The molecule has 0 aliphatic heterocycles. The highest BCUT2D eigenvalue weighted by Crippen LogP contribution is 2.35. The molecule has 3 aromatic carbocycles. The van der Waals surface area contributed by atoms with Gasteiger partial charge in [-0.15, -0.1) is 0 Å². The number of urea groups is 1. The van der Waals surface area contributed by atoms with Gasteiger partial charge in [-0.3, -0.25) is 4.72 Å². The Balaban J connectivity index is 1.86. The highest BCUT2D eigenvalue weighted by atomic mass is 79.9. The van der Waals surface area contributed by atoms with E-state index in [2.05, 4.69) is 31.3 Å². The third-order valence-corrected chi connectivity index (χ3v) is 6.14. The van der Waals surface area contributed by atoms with E-state index in [4.69, 9.17) is 0 Å². The van der Waals surface area contributed by atoms with Crippen molar-refractivity contribution in [3.05, 3.63) is 82.8 Å². The molecule has 0 unspecified atom stereocenters. The number of sulfonamides is 1. The van der Waals surface area contributed by atoms with E-state index in [1.807, 2.05) is 0 Å². The molecule has 31 heavy (non-hydrogen) atoms. The van der Waals surface area contributed by atoms with Crippen LogP contribution in [0.1, 0.15) is 5.56 Å². The zero-order chi connectivity index (χ0) is 22.6. The number of nitrogens with one attached hydrogen (secondary N) is 3. The molecule has 0 aliphatic carbocycles. The molecule has 0 aromatic heterocycles. The van der Waals surface area contributed by atoms with Crippen molar-refractivity contribution in [3.8, 4) is 0 Å². The summed E-state index contributed by atoms with van der Waals surface area (Å²) in [5.41, 5.74) is -0.862. The minimum absolute atomic E-state index is 0.0557. The van der Waals surface area contributed by atoms with Crippen molar-refractivity contribution in [2.75, 3.05) is 15.4 Å². The van der Waals surface area contributed by atoms with Crippen LogP contribution in [0.3, 0.4) is 0 Å². The number of hydrogen-bond acceptors (Lipinski definition) is 3. The standard InChI is InChI=1S/C20H15BrF3N3O3S/c21-14-8-2-3-9-15(14)25-19(28)26-16-10-4-5-11-17(16)27-31(29,30)18-12-6-1-7-13(18)20(22,23)24/h1-12,27H,(H2,25,26,28). The largest absolute Gasteiger partial charge is 0.417 e. The summed E-state index contributed by atoms with van der Waals surface area (Å²) in [5, 5.41) is 5.07. The fraction of sp³-hybridized carbons (Fsp3) is 0.0500. The molecule has 0 heterocycles. The quantitative estimate of drug-likeness (QED) is 0.396. The van der Waals surface area contributed by atoms with Gasteiger partial charge in [0, 0.05) is 4.47 Å². The lowest BCUT2D eigenvalue weighted by Gasteiger charge is -2.17. The second kappa shape index (κ2) is 8.98. The smallest absolute Gasteiger partial charge is 0.307 e. The Kier molecular flexibility index (Phi) is 6.56. The first-order valence-corrected chi connectivity index (χ1v) is 11.0. The van der Waals surface area contributed by atoms with Gasteiger partial charge in [0.15, 0.2) is 0 Å². The van der Waals surface area contributed by atoms with Crippen LogP contribution in [0, 0.1) is 0 Å². The predicted molar refractivity (Wildman–Crippen MR) is 115 cm³/mol. The van der Waals surface area contributed by atoms with Crippen LogP contribution in [0.4, 0.5) is 35.0 Å². The zero-order valence-corrected chi connectivity index (χ0v) is 18.0. The first-order valence-electron chi connectivity index (χ1n) is 8.68. The van der Waals surface area contributed by atoms with Crippen LogP contribution in [-0.4, -0.2) is 14.4 Å². The van der Waals surface area contributed by atoms with E-state index in [9.17, 15) is 26.4 Å². The van der Waals surface area contributed by atoms with E-state index in [0.717, 1.165) is 12.1 Å². The monoisotopic (exact) mass is 513 g/mol. The van der Waals surface area contributed by atoms with Crippen molar-refractivity contribution in [1.29, 1.82) is 0 Å². The lowest BCUT2D eigenvalue weighted by molar-refractivity contribution is -0.139. The number of carbonyl (C=O) groups is 1. The molecule has 0 bridgehead atoms. The number of amides is 2. The summed E-state index contributed by atoms with van der Waals surface area (Å²) in [6, 6.07) is 15.7. The SMILES string of the molecule is O=C(Nc1ccccc1Br)Nc1ccccc1NS(=O)(=O)c1ccccc1C(F)(F)F. The zero-order valence-electron chi connectivity index (χ0n) is 15.6. The van der Waals surface area contributed by atoms with Crippen molar-refractivity contribution in [2.45, 2.75) is 11.1 Å². The molecule has 0 fully saturated rings. The maximum absolute atomic E-state index is 13.2. The highest BCUT2D eigenvalue weighted by Gasteiger charge is 2.37. The van der Waals surface area contributed by atoms with Crippen molar-refractivity contribution in [2.24, 2.45) is 0 Å². The van der Waals surface area contributed by atoms with E-state index < -0.39 is 32.7 Å². The highest BCUT2D eigenvalue weighted by molar-refractivity contribution is 9.10. The van der Waals surface area contributed by atoms with Gasteiger partial charge in [-0.05, 0) is 52.3 Å². The van der Waals surface area contributed by atoms with Gasteiger partial charge in [-0.1, -0.05) is 36.4 Å². The number of hydrogen-bond donors (Lipinski definition) is 3. The third-order valence-electron chi connectivity index (χ3n) is 4.02. The summed E-state index contributed by atoms with van der Waals surface area (Å²) in [4.78, 5) is 11.4. The summed E-state index contributed by atoms with van der Waals surface area (Å²) in [6.45, 7) is 0. The molecule has 0 aliphatic rings. The molecule has 3 rings (SSSR count). The minimum Gasteiger partial charge on any atom is -0.307 e. The Morgan fingerprint density at radius 1 is 0.774 bits per heavy atom. The van der Waals surface area contributed by atoms with Crippen LogP contribution in [0.15, 0.2) is 82.2 Å². The number of rotatable bonds is 5. The van der Waals surface area contributed by atoms with E-state index >= 15 is 0 Å². The van der Waals surface area contributed by atoms with E-state index in [1.54, 1.807) is 24.3 Å². The molecule has 162 valence electrons. The molecule has 0 saturated carbocycles. The summed E-state index contributed by atoms with van der Waals surface area (Å²) < 4.78 is 67.9. The molecule has 2 amide bonds. The van der Waals surface area contributed by atoms with Gasteiger partial charge in [0.1, 0.15) is 0 Å². The lowest BCUT2D eigenvalue weighted by Crippen LogP contribution is -2.22. The van der Waals surface area contributed by atoms with Crippen LogP contribution in [0.5, 0.6) is 0 Å². The molecular weight excluding hydrogens is 499 g/mol. The Morgan fingerprint density at radius 2 is 1.29 bits per heavy atom. The van der Waals surface area contributed by atoms with Gasteiger partial charge in [0.25, 0.3) is 10.0 Å². The lowest BCUT2D eigenvalue weighted by atomic mass is 10.2. The summed E-state index contributed by atoms with van der Waals surface area (Å²) in [6.07, 6.45) is -4.86. The maximum atomic E-state index is 13.2. The first-order chi connectivity index (χ1) is 14.6. The number of anilines is 3. The topological polar surface area (TPSA) is 87.3 Å². The molecule has 3 aromatic rings. The second-order valence-corrected chi connectivity index (χ2v) is 8.71. The molecule has 0 radical (unpaired) electrons. The van der Waals surface area contributed by atoms with Gasteiger partial charge in [0.05, 0.1) is 27.5 Å². The van der Waals surface area contributed by atoms with Crippen molar-refractivity contribution >= 4 is 49.0 Å². The fourth-order valence-corrected chi connectivity index (χ4v) is 4.35. The number of para-hydroxylation sites is 3. The predicted octanol–water partition coefficient (Wildman–Crippen LogP) is 5.91. The molecule has 11 heteroatoms. The van der Waals surface area contributed by atoms with Gasteiger partial charge in [-0.2, -0.15) is 13.2 Å². The number of alkyl halides is 3.